The summed E-state index contributed by atoms with van der Waals surface area (Å²) in [4.78, 5) is 22.3. The molecule has 1 amide bonds. The minimum absolute atomic E-state index is 0.00325. The van der Waals surface area contributed by atoms with E-state index < -0.39 is 4.92 Å². The first-order chi connectivity index (χ1) is 11.5. The third-order valence-electron chi connectivity index (χ3n) is 3.82. The molecule has 2 aromatic rings. The molecule has 0 aliphatic heterocycles. The van der Waals surface area contributed by atoms with Gasteiger partial charge in [-0.3, -0.25) is 14.9 Å². The van der Waals surface area contributed by atoms with Crippen LogP contribution in [0.5, 0.6) is 0 Å². The summed E-state index contributed by atoms with van der Waals surface area (Å²) < 4.78 is 0. The van der Waals surface area contributed by atoms with E-state index in [1.807, 2.05) is 23.5 Å². The zero-order valence-corrected chi connectivity index (χ0v) is 13.8. The van der Waals surface area contributed by atoms with Gasteiger partial charge in [0.25, 0.3) is 11.6 Å². The molecule has 0 saturated carbocycles. The summed E-state index contributed by atoms with van der Waals surface area (Å²) in [6.07, 6.45) is 0. The molecule has 0 bridgehead atoms. The number of non-ortho nitro benzene ring substituents is 1. The normalized spacial score (nSPS) is 12.0. The molecule has 2 rings (SSSR count). The molecule has 0 fully saturated rings. The molecule has 24 heavy (non-hydrogen) atoms. The maximum absolute atomic E-state index is 12.1. The third-order valence-corrected chi connectivity index (χ3v) is 3.82. The first-order valence-electron chi connectivity index (χ1n) is 7.90. The monoisotopic (exact) mass is 328 g/mol. The molecule has 0 heterocycles. The number of hydrogen-bond donors (Lipinski definition) is 2. The molecule has 2 aromatic carbocycles. The van der Waals surface area contributed by atoms with E-state index in [-0.39, 0.29) is 24.2 Å². The van der Waals surface area contributed by atoms with E-state index in [0.717, 1.165) is 0 Å². The zero-order valence-electron chi connectivity index (χ0n) is 13.8. The third kappa shape index (κ3) is 4.89. The van der Waals surface area contributed by atoms with Gasteiger partial charge in [-0.15, -0.1) is 0 Å². The molecule has 0 spiro atoms. The Bertz CT molecular complexity index is 684. The summed E-state index contributed by atoms with van der Waals surface area (Å²) in [5.74, 6) is 0.255. The molecule has 0 saturated heterocycles. The molecule has 126 valence electrons. The fourth-order valence-electron chi connectivity index (χ4n) is 2.58. The van der Waals surface area contributed by atoms with E-state index in [1.165, 1.54) is 29.8 Å². The Morgan fingerprint density at radius 3 is 2.29 bits per heavy atom. The maximum atomic E-state index is 12.1. The molecule has 0 aliphatic carbocycles. The number of nitrogens with two attached hydrogens (primary N) is 1. The largest absolute Gasteiger partial charge is 0.332 e. The summed E-state index contributed by atoms with van der Waals surface area (Å²) in [6, 6.07) is 16.1. The van der Waals surface area contributed by atoms with Crippen molar-refractivity contribution in [3.05, 3.63) is 70.3 Å². The molecule has 0 aliphatic rings. The van der Waals surface area contributed by atoms with E-state index in [9.17, 15) is 14.9 Å². The lowest BCUT2D eigenvalue weighted by atomic mass is 9.96. The molecular formula is C18H22N3O3+. The number of nitrogens with zero attached hydrogens (tertiary/aromatic N) is 1. The first-order valence-corrected chi connectivity index (χ1v) is 7.90. The van der Waals surface area contributed by atoms with Crippen molar-refractivity contribution in [1.29, 1.82) is 0 Å². The van der Waals surface area contributed by atoms with Crippen molar-refractivity contribution >= 4 is 17.3 Å². The fraction of sp³-hybridized carbons (Fsp3) is 0.278. The van der Waals surface area contributed by atoms with Crippen LogP contribution in [-0.2, 0) is 4.79 Å². The lowest BCUT2D eigenvalue weighted by Gasteiger charge is -2.19. The van der Waals surface area contributed by atoms with Gasteiger partial charge in [0, 0.05) is 29.3 Å². The summed E-state index contributed by atoms with van der Waals surface area (Å²) in [5, 5.41) is 15.4. The molecule has 6 heteroatoms. The number of benzene rings is 2. The second-order valence-corrected chi connectivity index (χ2v) is 5.97. The van der Waals surface area contributed by atoms with Gasteiger partial charge >= 0.3 is 0 Å². The van der Waals surface area contributed by atoms with Crippen molar-refractivity contribution in [2.45, 2.75) is 19.9 Å². The first kappa shape index (κ1) is 17.6. The average Bonchev–Trinajstić information content (AvgIpc) is 2.56. The molecule has 6 nitrogen and oxygen atoms in total. The van der Waals surface area contributed by atoms with Gasteiger partial charge in [0.15, 0.2) is 6.54 Å². The molecular weight excluding hydrogens is 306 g/mol. The van der Waals surface area contributed by atoms with Crippen LogP contribution in [0.3, 0.4) is 0 Å². The Morgan fingerprint density at radius 2 is 1.75 bits per heavy atom. The van der Waals surface area contributed by atoms with Gasteiger partial charge in [0.05, 0.1) is 4.92 Å². The number of carbonyl (C=O) groups excluding carboxylic acids is 1. The van der Waals surface area contributed by atoms with Gasteiger partial charge < -0.3 is 10.6 Å². The van der Waals surface area contributed by atoms with Crippen LogP contribution >= 0.6 is 0 Å². The van der Waals surface area contributed by atoms with Crippen LogP contribution in [0.4, 0.5) is 11.4 Å². The molecule has 3 N–H and O–H groups in total. The number of nitrogens with one attached hydrogen (secondary N) is 1. The maximum Gasteiger partial charge on any atom is 0.279 e. The summed E-state index contributed by atoms with van der Waals surface area (Å²) in [5.41, 5.74) is 1.75. The molecule has 0 unspecified atom stereocenters. The van der Waals surface area contributed by atoms with E-state index in [1.54, 1.807) is 0 Å². The van der Waals surface area contributed by atoms with Crippen molar-refractivity contribution in [1.82, 2.24) is 0 Å². The minimum Gasteiger partial charge on any atom is -0.332 e. The van der Waals surface area contributed by atoms with Gasteiger partial charge in [0.1, 0.15) is 6.04 Å². The van der Waals surface area contributed by atoms with Crippen LogP contribution in [0.1, 0.15) is 25.5 Å². The number of nitro benzene ring substituents is 1. The topological polar surface area (TPSA) is 88.8 Å². The zero-order chi connectivity index (χ0) is 17.5. The molecule has 0 radical (unpaired) electrons. The quantitative estimate of drug-likeness (QED) is 0.604. The van der Waals surface area contributed by atoms with Crippen LogP contribution in [0.25, 0.3) is 0 Å². The van der Waals surface area contributed by atoms with Crippen molar-refractivity contribution < 1.29 is 15.0 Å². The molecule has 0 aromatic heterocycles. The number of quaternary nitrogens is 1. The number of anilines is 1. The van der Waals surface area contributed by atoms with Crippen LogP contribution in [-0.4, -0.2) is 17.4 Å². The Morgan fingerprint density at radius 1 is 1.12 bits per heavy atom. The lowest BCUT2D eigenvalue weighted by molar-refractivity contribution is -0.692. The SMILES string of the molecule is CC(C)[C@@H]([NH2+]CC(=O)Nc1ccc([N+](=O)[O-])cc1)c1ccccc1. The Labute approximate surface area is 141 Å². The van der Waals surface area contributed by atoms with Gasteiger partial charge in [0.2, 0.25) is 0 Å². The minimum atomic E-state index is -0.466. The number of nitro groups is 1. The van der Waals surface area contributed by atoms with Gasteiger partial charge in [-0.2, -0.15) is 0 Å². The second-order valence-electron chi connectivity index (χ2n) is 5.97. The highest BCUT2D eigenvalue weighted by Crippen LogP contribution is 2.17. The van der Waals surface area contributed by atoms with Crippen LogP contribution < -0.4 is 10.6 Å². The highest BCUT2D eigenvalue weighted by atomic mass is 16.6. The lowest BCUT2D eigenvalue weighted by Crippen LogP contribution is -2.88. The van der Waals surface area contributed by atoms with Gasteiger partial charge in [-0.05, 0) is 12.1 Å². The summed E-state index contributed by atoms with van der Waals surface area (Å²) in [7, 11) is 0. The van der Waals surface area contributed by atoms with Crippen LogP contribution in [0.2, 0.25) is 0 Å². The second kappa shape index (κ2) is 8.21. The van der Waals surface area contributed by atoms with Gasteiger partial charge in [-0.1, -0.05) is 44.2 Å². The number of rotatable bonds is 7. The molecule has 1 atom stereocenters. The number of amides is 1. The summed E-state index contributed by atoms with van der Waals surface area (Å²) in [6.45, 7) is 4.54. The van der Waals surface area contributed by atoms with E-state index in [0.29, 0.717) is 11.6 Å². The van der Waals surface area contributed by atoms with Crippen LogP contribution in [0, 0.1) is 16.0 Å². The van der Waals surface area contributed by atoms with Crippen molar-refractivity contribution in [2.24, 2.45) is 5.92 Å². The van der Waals surface area contributed by atoms with Crippen molar-refractivity contribution in [3.63, 3.8) is 0 Å². The van der Waals surface area contributed by atoms with E-state index in [4.69, 9.17) is 0 Å². The Hall–Kier alpha value is -2.73. The number of hydrogen-bond acceptors (Lipinski definition) is 3. The predicted molar refractivity (Wildman–Crippen MR) is 92.5 cm³/mol. The highest BCUT2D eigenvalue weighted by Gasteiger charge is 2.20. The van der Waals surface area contributed by atoms with Crippen LogP contribution in [0.15, 0.2) is 54.6 Å². The van der Waals surface area contributed by atoms with E-state index in [2.05, 4.69) is 31.3 Å². The van der Waals surface area contributed by atoms with Crippen molar-refractivity contribution in [2.75, 3.05) is 11.9 Å². The standard InChI is InChI=1S/C18H21N3O3/c1-13(2)18(14-6-4-3-5-7-14)19-12-17(22)20-15-8-10-16(11-9-15)21(23)24/h3-11,13,18-19H,12H2,1-2H3,(H,20,22)/p+1/t18-/m1/s1. The van der Waals surface area contributed by atoms with Crippen molar-refractivity contribution in [3.8, 4) is 0 Å². The predicted octanol–water partition coefficient (Wildman–Crippen LogP) is 2.49. The highest BCUT2D eigenvalue weighted by molar-refractivity contribution is 5.91. The number of carbonyl (C=O) groups is 1. The van der Waals surface area contributed by atoms with E-state index >= 15 is 0 Å². The Balaban J connectivity index is 1.92. The Kier molecular flexibility index (Phi) is 6.03. The summed E-state index contributed by atoms with van der Waals surface area (Å²) >= 11 is 0. The smallest absolute Gasteiger partial charge is 0.279 e. The van der Waals surface area contributed by atoms with Gasteiger partial charge in [-0.25, -0.2) is 0 Å². The fourth-order valence-corrected chi connectivity index (χ4v) is 2.58. The average molecular weight is 328 g/mol.